The number of furan rings is 1. The second-order valence-electron chi connectivity index (χ2n) is 8.08. The maximum absolute atomic E-state index is 13.5. The summed E-state index contributed by atoms with van der Waals surface area (Å²) in [5.41, 5.74) is 1.03. The number of carboxylic acids is 1. The monoisotopic (exact) mass is 517 g/mol. The predicted molar refractivity (Wildman–Crippen MR) is 140 cm³/mol. The van der Waals surface area contributed by atoms with Crippen LogP contribution in [0.1, 0.15) is 12.5 Å². The molecule has 5 rings (SSSR count). The van der Waals surface area contributed by atoms with Crippen molar-refractivity contribution in [1.29, 1.82) is 0 Å². The average molecular weight is 518 g/mol. The number of rotatable bonds is 7. The van der Waals surface area contributed by atoms with E-state index in [2.05, 4.69) is 10.1 Å². The molecule has 0 saturated heterocycles. The summed E-state index contributed by atoms with van der Waals surface area (Å²) in [6.07, 6.45) is 0.235. The highest BCUT2D eigenvalue weighted by atomic mass is 35.5. The lowest BCUT2D eigenvalue weighted by atomic mass is 10.2. The van der Waals surface area contributed by atoms with Crippen molar-refractivity contribution >= 4 is 45.7 Å². The molecule has 0 amide bonds. The fraction of sp³-hybridized carbons (Fsp3) is 0.111. The number of hydrogen-bond donors (Lipinski definition) is 1. The van der Waals surface area contributed by atoms with E-state index in [1.165, 1.54) is 20.2 Å². The minimum atomic E-state index is -1.15. The van der Waals surface area contributed by atoms with Gasteiger partial charge in [0, 0.05) is 16.0 Å². The number of halogens is 1. The van der Waals surface area contributed by atoms with Gasteiger partial charge in [-0.3, -0.25) is 4.79 Å². The van der Waals surface area contributed by atoms with Crippen LogP contribution in [0.4, 0.5) is 0 Å². The van der Waals surface area contributed by atoms with Gasteiger partial charge in [-0.1, -0.05) is 29.8 Å². The first-order valence-corrected chi connectivity index (χ1v) is 11.6. The molecule has 0 fully saturated rings. The van der Waals surface area contributed by atoms with Crippen LogP contribution in [0, 0.1) is 0 Å². The van der Waals surface area contributed by atoms with E-state index >= 15 is 0 Å². The third-order valence-corrected chi connectivity index (χ3v) is 5.87. The summed E-state index contributed by atoms with van der Waals surface area (Å²) >= 11 is 6.13. The number of fused-ring (bicyclic) bond motifs is 2. The molecule has 5 aromatic rings. The second kappa shape index (κ2) is 9.79. The van der Waals surface area contributed by atoms with Gasteiger partial charge in [0.25, 0.3) is 5.56 Å². The normalized spacial score (nSPS) is 12.3. The molecule has 0 saturated carbocycles. The van der Waals surface area contributed by atoms with Crippen LogP contribution >= 0.6 is 11.6 Å². The maximum Gasteiger partial charge on any atom is 0.344 e. The Morgan fingerprint density at radius 1 is 1.16 bits per heavy atom. The van der Waals surface area contributed by atoms with Crippen LogP contribution in [0.25, 0.3) is 33.5 Å². The molecule has 0 unspecified atom stereocenters. The van der Waals surface area contributed by atoms with E-state index in [1.807, 2.05) is 0 Å². The smallest absolute Gasteiger partial charge is 0.344 e. The summed E-state index contributed by atoms with van der Waals surface area (Å²) in [5.74, 6) is -0.160. The number of benzene rings is 3. The Balaban J connectivity index is 1.69. The van der Waals surface area contributed by atoms with Gasteiger partial charge in [0.1, 0.15) is 5.58 Å². The van der Waals surface area contributed by atoms with Gasteiger partial charge in [-0.15, -0.1) is 0 Å². The Labute approximate surface area is 215 Å². The molecule has 0 aliphatic heterocycles. The summed E-state index contributed by atoms with van der Waals surface area (Å²) in [7, 11) is 1.44. The van der Waals surface area contributed by atoms with Gasteiger partial charge in [0.15, 0.2) is 23.4 Å². The summed E-state index contributed by atoms with van der Waals surface area (Å²) in [5, 5.41) is 15.4. The van der Waals surface area contributed by atoms with E-state index in [4.69, 9.17) is 25.5 Å². The zero-order valence-corrected chi connectivity index (χ0v) is 20.5. The van der Waals surface area contributed by atoms with Crippen molar-refractivity contribution in [2.24, 2.45) is 5.10 Å². The lowest BCUT2D eigenvalue weighted by Gasteiger charge is -2.16. The second-order valence-corrected chi connectivity index (χ2v) is 8.52. The van der Waals surface area contributed by atoms with Gasteiger partial charge in [-0.05, 0) is 55.5 Å². The van der Waals surface area contributed by atoms with Gasteiger partial charge < -0.3 is 19.0 Å². The topological polar surface area (TPSA) is 116 Å². The third-order valence-electron chi connectivity index (χ3n) is 5.64. The van der Waals surface area contributed by atoms with Crippen molar-refractivity contribution in [2.75, 3.05) is 7.11 Å². The molecule has 0 bridgehead atoms. The van der Waals surface area contributed by atoms with E-state index in [1.54, 1.807) is 66.7 Å². The Morgan fingerprint density at radius 3 is 2.76 bits per heavy atom. The number of ether oxygens (including phenoxy) is 2. The molecule has 10 heteroatoms. The molecule has 0 spiro atoms. The Bertz CT molecular complexity index is 1740. The highest BCUT2D eigenvalue weighted by molar-refractivity contribution is 6.31. The zero-order chi connectivity index (χ0) is 26.1. The fourth-order valence-corrected chi connectivity index (χ4v) is 3.96. The average Bonchev–Trinajstić information content (AvgIpc) is 3.31. The van der Waals surface area contributed by atoms with E-state index in [0.717, 1.165) is 10.1 Å². The molecule has 37 heavy (non-hydrogen) atoms. The van der Waals surface area contributed by atoms with Gasteiger partial charge >= 0.3 is 5.97 Å². The highest BCUT2D eigenvalue weighted by Gasteiger charge is 2.19. The van der Waals surface area contributed by atoms with Gasteiger partial charge in [0.2, 0.25) is 5.82 Å². The highest BCUT2D eigenvalue weighted by Crippen LogP contribution is 2.32. The number of aromatic nitrogens is 2. The fourth-order valence-electron chi connectivity index (χ4n) is 3.78. The summed E-state index contributed by atoms with van der Waals surface area (Å²) in [6, 6.07) is 18.8. The third kappa shape index (κ3) is 4.64. The molecular formula is C27H20ClN3O6. The maximum atomic E-state index is 13.5. The Hall–Kier alpha value is -4.63. The number of nitrogens with zero attached hydrogens (tertiary/aromatic N) is 3. The molecule has 9 nitrogen and oxygen atoms in total. The van der Waals surface area contributed by atoms with Crippen molar-refractivity contribution in [2.45, 2.75) is 13.0 Å². The molecule has 186 valence electrons. The van der Waals surface area contributed by atoms with Crippen molar-refractivity contribution in [3.05, 3.63) is 87.7 Å². The van der Waals surface area contributed by atoms with E-state index in [0.29, 0.717) is 38.6 Å². The van der Waals surface area contributed by atoms with E-state index < -0.39 is 17.6 Å². The van der Waals surface area contributed by atoms with Crippen LogP contribution in [0.15, 0.2) is 81.0 Å². The summed E-state index contributed by atoms with van der Waals surface area (Å²) < 4.78 is 18.1. The molecule has 1 N–H and O–H groups in total. The standard InChI is InChI=1S/C27H20ClN3O6/c1-15(27(33)34)36-24-16(6-5-9-22(24)35-2)14-29-31-25(30-20-8-4-3-7-19(20)26(31)32)23-13-17-12-18(28)10-11-21(17)37-23/h3-15H,1-2H3,(H,33,34)/t15-/m0/s1. The number of para-hydroxylation sites is 2. The van der Waals surface area contributed by atoms with Crippen LogP contribution in [-0.2, 0) is 4.79 Å². The first-order chi connectivity index (χ1) is 17.9. The lowest BCUT2D eigenvalue weighted by molar-refractivity contribution is -0.144. The van der Waals surface area contributed by atoms with E-state index in [9.17, 15) is 14.7 Å². The zero-order valence-electron chi connectivity index (χ0n) is 19.7. The quantitative estimate of drug-likeness (QED) is 0.295. The Kier molecular flexibility index (Phi) is 6.37. The van der Waals surface area contributed by atoms with E-state index in [-0.39, 0.29) is 11.6 Å². The Morgan fingerprint density at radius 2 is 1.97 bits per heavy atom. The number of carboxylic acid groups (broad SMARTS) is 1. The molecule has 0 aliphatic carbocycles. The summed E-state index contributed by atoms with van der Waals surface area (Å²) in [6.45, 7) is 1.40. The molecule has 0 radical (unpaired) electrons. The SMILES string of the molecule is COc1cccc(C=Nn2c(-c3cc4cc(Cl)ccc4o3)nc3ccccc3c2=O)c1O[C@@H](C)C(=O)O. The van der Waals surface area contributed by atoms with Gasteiger partial charge in [-0.2, -0.15) is 9.78 Å². The number of aliphatic carboxylic acids is 1. The minimum Gasteiger partial charge on any atom is -0.493 e. The minimum absolute atomic E-state index is 0.172. The van der Waals surface area contributed by atoms with Gasteiger partial charge in [-0.25, -0.2) is 9.78 Å². The lowest BCUT2D eigenvalue weighted by Crippen LogP contribution is -2.24. The van der Waals surface area contributed by atoms with Crippen LogP contribution in [0.5, 0.6) is 11.5 Å². The number of methoxy groups -OCH3 is 1. The van der Waals surface area contributed by atoms with Crippen LogP contribution in [-0.4, -0.2) is 40.2 Å². The van der Waals surface area contributed by atoms with Crippen molar-refractivity contribution in [3.63, 3.8) is 0 Å². The molecule has 1 atom stereocenters. The number of hydrogen-bond acceptors (Lipinski definition) is 7. The first kappa shape index (κ1) is 24.1. The van der Waals surface area contributed by atoms with Crippen molar-refractivity contribution in [3.8, 4) is 23.1 Å². The first-order valence-electron chi connectivity index (χ1n) is 11.2. The van der Waals surface area contributed by atoms with Crippen LogP contribution < -0.4 is 15.0 Å². The summed E-state index contributed by atoms with van der Waals surface area (Å²) in [4.78, 5) is 29.5. The van der Waals surface area contributed by atoms with Crippen molar-refractivity contribution in [1.82, 2.24) is 9.66 Å². The predicted octanol–water partition coefficient (Wildman–Crippen LogP) is 5.21. The largest absolute Gasteiger partial charge is 0.493 e. The van der Waals surface area contributed by atoms with Gasteiger partial charge in [0.05, 0.1) is 24.2 Å². The van der Waals surface area contributed by atoms with Crippen LogP contribution in [0.2, 0.25) is 5.02 Å². The molecule has 3 aromatic carbocycles. The molecule has 2 heterocycles. The molecule has 0 aliphatic rings. The number of carbonyl (C=O) groups is 1. The molecular weight excluding hydrogens is 498 g/mol. The van der Waals surface area contributed by atoms with Crippen molar-refractivity contribution < 1.29 is 23.8 Å². The van der Waals surface area contributed by atoms with Crippen LogP contribution in [0.3, 0.4) is 0 Å². The molecule has 2 aromatic heterocycles.